The van der Waals surface area contributed by atoms with E-state index in [2.05, 4.69) is 42.5 Å². The molecule has 3 aromatic carbocycles. The van der Waals surface area contributed by atoms with Crippen molar-refractivity contribution in [3.8, 4) is 11.1 Å². The number of rotatable bonds is 9. The number of benzene rings is 3. The summed E-state index contributed by atoms with van der Waals surface area (Å²) in [7, 11) is 0. The minimum absolute atomic E-state index is 0.112. The first kappa shape index (κ1) is 28.4. The number of pyridine rings is 1. The van der Waals surface area contributed by atoms with Gasteiger partial charge >= 0.3 is 0 Å². The van der Waals surface area contributed by atoms with Crippen LogP contribution in [0.4, 0.5) is 17.2 Å². The number of hydrogen-bond donors (Lipinski definition) is 3. The average molecular weight is 594 g/mol. The summed E-state index contributed by atoms with van der Waals surface area (Å²) >= 11 is -1.98. The summed E-state index contributed by atoms with van der Waals surface area (Å²) in [6.07, 6.45) is 5.58. The fourth-order valence-electron chi connectivity index (χ4n) is 5.08. The molecular formula is C32H31N7O3S. The lowest BCUT2D eigenvalue weighted by Crippen LogP contribution is -2.46. The van der Waals surface area contributed by atoms with Crippen LogP contribution < -0.4 is 15.5 Å². The third-order valence-corrected chi connectivity index (χ3v) is 7.75. The van der Waals surface area contributed by atoms with E-state index in [0.29, 0.717) is 16.9 Å². The predicted octanol–water partition coefficient (Wildman–Crippen LogP) is 4.86. The summed E-state index contributed by atoms with van der Waals surface area (Å²) in [5.41, 5.74) is 6.61. The zero-order valence-electron chi connectivity index (χ0n) is 23.4. The van der Waals surface area contributed by atoms with Crippen LogP contribution in [0.5, 0.6) is 0 Å². The summed E-state index contributed by atoms with van der Waals surface area (Å²) in [4.78, 5) is 31.4. The number of nitrogens with one attached hydrogen (secondary N) is 2. The summed E-state index contributed by atoms with van der Waals surface area (Å²) < 4.78 is 19.9. The molecule has 0 aliphatic carbocycles. The van der Waals surface area contributed by atoms with Crippen molar-refractivity contribution in [1.29, 1.82) is 0 Å². The Kier molecular flexibility index (Phi) is 8.64. The Morgan fingerprint density at radius 3 is 2.44 bits per heavy atom. The van der Waals surface area contributed by atoms with Crippen LogP contribution in [0.25, 0.3) is 22.2 Å². The molecule has 1 atom stereocenters. The number of hydrogen-bond acceptors (Lipinski definition) is 8. The quantitative estimate of drug-likeness (QED) is 0.206. The maximum absolute atomic E-state index is 12.8. The lowest BCUT2D eigenvalue weighted by atomic mass is 10.0. The van der Waals surface area contributed by atoms with Gasteiger partial charge in [-0.1, -0.05) is 30.3 Å². The number of anilines is 3. The zero-order valence-corrected chi connectivity index (χ0v) is 24.2. The van der Waals surface area contributed by atoms with E-state index in [1.807, 2.05) is 54.9 Å². The number of amides is 1. The van der Waals surface area contributed by atoms with Gasteiger partial charge in [-0.05, 0) is 65.2 Å². The molecule has 3 heterocycles. The van der Waals surface area contributed by atoms with Crippen molar-refractivity contribution in [3.05, 3.63) is 109 Å². The second-order valence-corrected chi connectivity index (χ2v) is 11.2. The Morgan fingerprint density at radius 1 is 0.860 bits per heavy atom. The molecule has 1 unspecified atom stereocenters. The molecule has 0 radical (unpaired) electrons. The van der Waals surface area contributed by atoms with Gasteiger partial charge in [-0.15, -0.1) is 0 Å². The molecule has 218 valence electrons. The average Bonchev–Trinajstić information content (AvgIpc) is 3.04. The van der Waals surface area contributed by atoms with Crippen LogP contribution in [0.3, 0.4) is 0 Å². The van der Waals surface area contributed by atoms with E-state index in [9.17, 15) is 9.00 Å². The van der Waals surface area contributed by atoms with Crippen molar-refractivity contribution in [2.24, 2.45) is 0 Å². The van der Waals surface area contributed by atoms with E-state index in [0.717, 1.165) is 60.7 Å². The minimum atomic E-state index is -1.98. The van der Waals surface area contributed by atoms with Crippen LogP contribution in [-0.4, -0.2) is 66.6 Å². The van der Waals surface area contributed by atoms with E-state index < -0.39 is 11.1 Å². The van der Waals surface area contributed by atoms with Crippen molar-refractivity contribution in [3.63, 3.8) is 0 Å². The largest absolute Gasteiger partial charge is 0.372 e. The van der Waals surface area contributed by atoms with Gasteiger partial charge < -0.3 is 20.1 Å². The molecule has 11 heteroatoms. The van der Waals surface area contributed by atoms with Crippen LogP contribution in [0, 0.1) is 0 Å². The first-order valence-corrected chi connectivity index (χ1v) is 15.2. The molecule has 2 aromatic heterocycles. The Balaban J connectivity index is 1.10. The molecule has 1 saturated heterocycles. The number of carbonyl (C=O) groups excluding carboxylic acids is 1. The van der Waals surface area contributed by atoms with Gasteiger partial charge in [-0.25, -0.2) is 9.19 Å². The molecule has 0 bridgehead atoms. The highest BCUT2D eigenvalue weighted by Crippen LogP contribution is 2.26. The van der Waals surface area contributed by atoms with Gasteiger partial charge in [0.15, 0.2) is 11.1 Å². The SMILES string of the molecule is O=C(Nc1ccc(-c2ccc3ncc(N4CCN(Cc5cccnc5)CC4)nc3c2)cc1)c1cccc(NCS(=O)O)c1. The maximum Gasteiger partial charge on any atom is 0.255 e. The summed E-state index contributed by atoms with van der Waals surface area (Å²) in [5, 5.41) is 5.74. The molecule has 1 aliphatic heterocycles. The number of piperazine rings is 1. The van der Waals surface area contributed by atoms with Gasteiger partial charge in [0.25, 0.3) is 5.91 Å². The molecular weight excluding hydrogens is 562 g/mol. The van der Waals surface area contributed by atoms with Crippen LogP contribution in [0.1, 0.15) is 15.9 Å². The van der Waals surface area contributed by atoms with E-state index in [4.69, 9.17) is 9.54 Å². The smallest absolute Gasteiger partial charge is 0.255 e. The van der Waals surface area contributed by atoms with Gasteiger partial charge in [0.2, 0.25) is 0 Å². The Labute approximate surface area is 252 Å². The molecule has 1 amide bonds. The fourth-order valence-corrected chi connectivity index (χ4v) is 5.37. The molecule has 10 nitrogen and oxygen atoms in total. The number of nitrogens with zero attached hydrogens (tertiary/aromatic N) is 5. The predicted molar refractivity (Wildman–Crippen MR) is 170 cm³/mol. The Bertz CT molecular complexity index is 1740. The zero-order chi connectivity index (χ0) is 29.6. The lowest BCUT2D eigenvalue weighted by Gasteiger charge is -2.35. The lowest BCUT2D eigenvalue weighted by molar-refractivity contribution is 0.102. The van der Waals surface area contributed by atoms with Crippen molar-refractivity contribution in [1.82, 2.24) is 19.9 Å². The monoisotopic (exact) mass is 593 g/mol. The van der Waals surface area contributed by atoms with Crippen LogP contribution in [-0.2, 0) is 17.6 Å². The molecule has 0 saturated carbocycles. The third kappa shape index (κ3) is 7.20. The normalized spacial score (nSPS) is 14.4. The molecule has 5 aromatic rings. The van der Waals surface area contributed by atoms with E-state index in [-0.39, 0.29) is 11.8 Å². The van der Waals surface area contributed by atoms with Gasteiger partial charge in [-0.3, -0.25) is 19.7 Å². The number of fused-ring (bicyclic) bond motifs is 1. The maximum atomic E-state index is 12.8. The molecule has 6 rings (SSSR count). The van der Waals surface area contributed by atoms with Crippen molar-refractivity contribution in [2.75, 3.05) is 47.6 Å². The van der Waals surface area contributed by atoms with Crippen LogP contribution in [0.15, 0.2) is 97.5 Å². The third-order valence-electron chi connectivity index (χ3n) is 7.36. The van der Waals surface area contributed by atoms with Crippen LogP contribution in [0.2, 0.25) is 0 Å². The minimum Gasteiger partial charge on any atom is -0.372 e. The van der Waals surface area contributed by atoms with Crippen LogP contribution >= 0.6 is 0 Å². The van der Waals surface area contributed by atoms with Crippen molar-refractivity contribution in [2.45, 2.75) is 6.54 Å². The van der Waals surface area contributed by atoms with Gasteiger partial charge in [0.05, 0.1) is 17.2 Å². The van der Waals surface area contributed by atoms with E-state index in [1.165, 1.54) is 5.56 Å². The number of aromatic nitrogens is 3. The first-order chi connectivity index (χ1) is 21.0. The molecule has 43 heavy (non-hydrogen) atoms. The standard InChI is InChI=1S/C32H31N7O3S/c40-32(26-4-1-5-28(17-26)35-22-43(41)42)36-27-9-6-24(7-10-27)25-8-11-29-30(18-25)37-31(20-34-29)39-15-13-38(14-16-39)21-23-3-2-12-33-19-23/h1-12,17-20,35H,13-16,21-22H2,(H,36,40)(H,41,42). The highest BCUT2D eigenvalue weighted by atomic mass is 32.2. The summed E-state index contributed by atoms with van der Waals surface area (Å²) in [6.45, 7) is 4.57. The van der Waals surface area contributed by atoms with E-state index in [1.54, 1.807) is 30.5 Å². The second kappa shape index (κ2) is 13.1. The van der Waals surface area contributed by atoms with Gasteiger partial charge in [0, 0.05) is 62.1 Å². The summed E-state index contributed by atoms with van der Waals surface area (Å²) in [6, 6.07) is 24.6. The highest BCUT2D eigenvalue weighted by Gasteiger charge is 2.19. The first-order valence-electron chi connectivity index (χ1n) is 14.0. The number of carbonyl (C=O) groups is 1. The fraction of sp³-hybridized carbons (Fsp3) is 0.188. The van der Waals surface area contributed by atoms with Crippen molar-refractivity contribution >= 4 is 45.2 Å². The Morgan fingerprint density at radius 2 is 1.67 bits per heavy atom. The van der Waals surface area contributed by atoms with Crippen molar-refractivity contribution < 1.29 is 13.6 Å². The molecule has 1 fully saturated rings. The summed E-state index contributed by atoms with van der Waals surface area (Å²) in [5.74, 6) is 0.499. The second-order valence-electron chi connectivity index (χ2n) is 10.3. The molecule has 0 spiro atoms. The van der Waals surface area contributed by atoms with E-state index >= 15 is 0 Å². The van der Waals surface area contributed by atoms with Gasteiger partial charge in [-0.2, -0.15) is 0 Å². The topological polar surface area (TPSA) is 124 Å². The molecule has 1 aliphatic rings. The van der Waals surface area contributed by atoms with Gasteiger partial charge in [0.1, 0.15) is 11.7 Å². The molecule has 3 N–H and O–H groups in total. The Hall–Kier alpha value is -4.71. The highest BCUT2D eigenvalue weighted by molar-refractivity contribution is 7.79.